The molecule has 2 aromatic carbocycles. The fourth-order valence-electron chi connectivity index (χ4n) is 5.15. The first-order valence-corrected chi connectivity index (χ1v) is 13.8. The van der Waals surface area contributed by atoms with Gasteiger partial charge in [0.1, 0.15) is 18.3 Å². The summed E-state index contributed by atoms with van der Waals surface area (Å²) in [6.07, 6.45) is -0.723. The Morgan fingerprint density at radius 2 is 1.36 bits per heavy atom. The van der Waals surface area contributed by atoms with Crippen molar-refractivity contribution in [1.82, 2.24) is 0 Å². The number of hydrogen-bond acceptors (Lipinski definition) is 5. The third kappa shape index (κ3) is 4.97. The van der Waals surface area contributed by atoms with Gasteiger partial charge in [0.2, 0.25) is 0 Å². The first kappa shape index (κ1) is 24.6. The molecule has 6 heteroatoms. The summed E-state index contributed by atoms with van der Waals surface area (Å²) in [4.78, 5) is 0. The lowest BCUT2D eigenvalue weighted by Gasteiger charge is -2.43. The van der Waals surface area contributed by atoms with Gasteiger partial charge in [0, 0.05) is 0 Å². The third-order valence-electron chi connectivity index (χ3n) is 6.50. The van der Waals surface area contributed by atoms with Crippen LogP contribution in [0.2, 0.25) is 5.04 Å². The second-order valence-electron chi connectivity index (χ2n) is 11.0. The third-order valence-corrected chi connectivity index (χ3v) is 11.5. The number of ether oxygens (including phenoxy) is 4. The van der Waals surface area contributed by atoms with E-state index < -0.39 is 19.9 Å². The standard InChI is InChI=1S/C27H38O5Si/c1-25(2,3)33(20-14-10-8-11-15-20,21-16-12-9-13-17-21)29-19-23-24(32-27(6,7)31-23)22-18-28-26(4,5)30-22/h8-17,22-24H,18-19H2,1-7H3. The molecule has 0 aliphatic carbocycles. The molecule has 180 valence electrons. The first-order valence-electron chi connectivity index (χ1n) is 11.9. The molecule has 3 unspecified atom stereocenters. The van der Waals surface area contributed by atoms with Crippen LogP contribution in [0.4, 0.5) is 0 Å². The predicted octanol–water partition coefficient (Wildman–Crippen LogP) is 4.23. The molecule has 2 aliphatic heterocycles. The average Bonchev–Trinajstić information content (AvgIpc) is 3.27. The van der Waals surface area contributed by atoms with Gasteiger partial charge in [-0.1, -0.05) is 81.4 Å². The molecule has 0 saturated carbocycles. The molecule has 0 spiro atoms. The van der Waals surface area contributed by atoms with Crippen molar-refractivity contribution in [2.24, 2.45) is 0 Å². The van der Waals surface area contributed by atoms with Crippen LogP contribution in [0.15, 0.2) is 60.7 Å². The van der Waals surface area contributed by atoms with E-state index in [1.807, 2.05) is 27.7 Å². The summed E-state index contributed by atoms with van der Waals surface area (Å²) >= 11 is 0. The van der Waals surface area contributed by atoms with Crippen LogP contribution in [-0.4, -0.2) is 51.4 Å². The number of rotatable bonds is 6. The molecule has 0 aromatic heterocycles. The van der Waals surface area contributed by atoms with E-state index in [-0.39, 0.29) is 23.4 Å². The monoisotopic (exact) mass is 470 g/mol. The van der Waals surface area contributed by atoms with E-state index in [1.165, 1.54) is 10.4 Å². The molecular weight excluding hydrogens is 432 g/mol. The minimum atomic E-state index is -2.67. The molecule has 3 atom stereocenters. The van der Waals surface area contributed by atoms with Crippen molar-refractivity contribution in [2.75, 3.05) is 13.2 Å². The van der Waals surface area contributed by atoms with Gasteiger partial charge >= 0.3 is 0 Å². The first-order chi connectivity index (χ1) is 15.4. The summed E-state index contributed by atoms with van der Waals surface area (Å²) in [5.74, 6) is -1.33. The Morgan fingerprint density at radius 1 is 0.818 bits per heavy atom. The van der Waals surface area contributed by atoms with Gasteiger partial charge in [0.25, 0.3) is 8.32 Å². The Kier molecular flexibility index (Phi) is 6.64. The number of benzene rings is 2. The van der Waals surface area contributed by atoms with Gasteiger partial charge in [-0.05, 0) is 43.1 Å². The summed E-state index contributed by atoms with van der Waals surface area (Å²) in [6, 6.07) is 21.3. The lowest BCUT2D eigenvalue weighted by atomic mass is 10.1. The quantitative estimate of drug-likeness (QED) is 0.591. The Hall–Kier alpha value is -1.54. The Balaban J connectivity index is 1.68. The molecule has 0 bridgehead atoms. The van der Waals surface area contributed by atoms with Crippen molar-refractivity contribution in [2.45, 2.75) is 83.4 Å². The van der Waals surface area contributed by atoms with Gasteiger partial charge in [-0.2, -0.15) is 0 Å². The lowest BCUT2D eigenvalue weighted by Crippen LogP contribution is -2.67. The van der Waals surface area contributed by atoms with Crippen molar-refractivity contribution in [3.05, 3.63) is 60.7 Å². The lowest BCUT2D eigenvalue weighted by molar-refractivity contribution is -0.174. The van der Waals surface area contributed by atoms with Crippen LogP contribution >= 0.6 is 0 Å². The van der Waals surface area contributed by atoms with Gasteiger partial charge in [-0.15, -0.1) is 0 Å². The fraction of sp³-hybridized carbons (Fsp3) is 0.556. The maximum Gasteiger partial charge on any atom is 0.261 e. The highest BCUT2D eigenvalue weighted by molar-refractivity contribution is 6.99. The predicted molar refractivity (Wildman–Crippen MR) is 132 cm³/mol. The summed E-state index contributed by atoms with van der Waals surface area (Å²) in [5, 5.41) is 2.40. The van der Waals surface area contributed by atoms with Crippen LogP contribution in [0.1, 0.15) is 48.5 Å². The van der Waals surface area contributed by atoms with Gasteiger partial charge in [0.05, 0.1) is 13.2 Å². The molecule has 2 aliphatic rings. The van der Waals surface area contributed by atoms with Crippen LogP contribution in [0.5, 0.6) is 0 Å². The average molecular weight is 471 g/mol. The Labute approximate surface area is 199 Å². The highest BCUT2D eigenvalue weighted by Gasteiger charge is 2.54. The molecular formula is C27H38O5Si. The van der Waals surface area contributed by atoms with Gasteiger partial charge in [-0.25, -0.2) is 0 Å². The zero-order valence-corrected chi connectivity index (χ0v) is 22.0. The molecule has 2 aromatic rings. The molecule has 5 nitrogen and oxygen atoms in total. The fourth-order valence-corrected chi connectivity index (χ4v) is 9.72. The smallest absolute Gasteiger partial charge is 0.261 e. The Morgan fingerprint density at radius 3 is 1.82 bits per heavy atom. The zero-order chi connectivity index (χ0) is 23.9. The van der Waals surface area contributed by atoms with Crippen LogP contribution in [0.25, 0.3) is 0 Å². The van der Waals surface area contributed by atoms with Crippen LogP contribution < -0.4 is 10.4 Å². The van der Waals surface area contributed by atoms with Crippen molar-refractivity contribution < 1.29 is 23.4 Å². The number of hydrogen-bond donors (Lipinski definition) is 0. The van der Waals surface area contributed by atoms with Gasteiger partial charge in [0.15, 0.2) is 11.6 Å². The van der Waals surface area contributed by atoms with E-state index in [4.69, 9.17) is 23.4 Å². The molecule has 2 heterocycles. The van der Waals surface area contributed by atoms with E-state index in [0.717, 1.165) is 0 Å². The summed E-state index contributed by atoms with van der Waals surface area (Å²) in [6.45, 7) is 15.5. The summed E-state index contributed by atoms with van der Waals surface area (Å²) < 4.78 is 31.8. The van der Waals surface area contributed by atoms with Crippen molar-refractivity contribution in [3.8, 4) is 0 Å². The molecule has 4 rings (SSSR count). The highest BCUT2D eigenvalue weighted by atomic mass is 28.4. The van der Waals surface area contributed by atoms with Crippen molar-refractivity contribution in [1.29, 1.82) is 0 Å². The van der Waals surface area contributed by atoms with E-state index >= 15 is 0 Å². The maximum atomic E-state index is 7.12. The largest absolute Gasteiger partial charge is 0.405 e. The van der Waals surface area contributed by atoms with Gasteiger partial charge < -0.3 is 23.4 Å². The minimum Gasteiger partial charge on any atom is -0.405 e. The Bertz CT molecular complexity index is 883. The van der Waals surface area contributed by atoms with E-state index in [9.17, 15) is 0 Å². The topological polar surface area (TPSA) is 46.2 Å². The minimum absolute atomic E-state index is 0.102. The van der Waals surface area contributed by atoms with Crippen LogP contribution in [0.3, 0.4) is 0 Å². The normalized spacial score (nSPS) is 27.1. The molecule has 0 N–H and O–H groups in total. The highest BCUT2D eigenvalue weighted by Crippen LogP contribution is 2.39. The van der Waals surface area contributed by atoms with E-state index in [1.54, 1.807) is 0 Å². The molecule has 0 amide bonds. The molecule has 2 fully saturated rings. The molecule has 0 radical (unpaired) electrons. The maximum absolute atomic E-state index is 7.12. The summed E-state index contributed by atoms with van der Waals surface area (Å²) in [7, 11) is -2.67. The van der Waals surface area contributed by atoms with E-state index in [2.05, 4.69) is 81.4 Å². The zero-order valence-electron chi connectivity index (χ0n) is 21.0. The van der Waals surface area contributed by atoms with Gasteiger partial charge in [-0.3, -0.25) is 0 Å². The molecule has 33 heavy (non-hydrogen) atoms. The second-order valence-corrected chi connectivity index (χ2v) is 15.3. The van der Waals surface area contributed by atoms with Crippen LogP contribution in [0, 0.1) is 0 Å². The van der Waals surface area contributed by atoms with Crippen molar-refractivity contribution >= 4 is 18.7 Å². The van der Waals surface area contributed by atoms with Crippen LogP contribution in [-0.2, 0) is 23.4 Å². The van der Waals surface area contributed by atoms with E-state index in [0.29, 0.717) is 13.2 Å². The second kappa shape index (κ2) is 8.91. The SMILES string of the molecule is CC1(C)OCC(C2OC(C)(C)OC2CO[Si](c2ccccc2)(c2ccccc2)C(C)(C)C)O1. The summed E-state index contributed by atoms with van der Waals surface area (Å²) in [5.41, 5.74) is 0. The molecule has 2 saturated heterocycles. The van der Waals surface area contributed by atoms with Crippen molar-refractivity contribution in [3.63, 3.8) is 0 Å².